The van der Waals surface area contributed by atoms with E-state index in [0.717, 1.165) is 19.5 Å². The van der Waals surface area contributed by atoms with Gasteiger partial charge in [0.1, 0.15) is 0 Å². The number of nitrogens with two attached hydrogens (primary N) is 1. The molecule has 2 heterocycles. The first kappa shape index (κ1) is 7.08. The number of nitrogen functional groups attached to an aromatic ring is 1. The molecule has 0 bridgehead atoms. The van der Waals surface area contributed by atoms with E-state index in [1.807, 2.05) is 0 Å². The van der Waals surface area contributed by atoms with Crippen LogP contribution in [0.4, 0.5) is 5.95 Å². The predicted octanol–water partition coefficient (Wildman–Crippen LogP) is -0.767. The van der Waals surface area contributed by atoms with E-state index in [9.17, 15) is 4.79 Å². The van der Waals surface area contributed by atoms with Crippen molar-refractivity contribution in [3.63, 3.8) is 0 Å². The van der Waals surface area contributed by atoms with Crippen LogP contribution >= 0.6 is 0 Å². The maximum Gasteiger partial charge on any atom is 0.291 e. The zero-order chi connectivity index (χ0) is 8.55. The van der Waals surface area contributed by atoms with Crippen molar-refractivity contribution in [2.24, 2.45) is 0 Å². The fourth-order valence-electron chi connectivity index (χ4n) is 1.04. The molecule has 1 amide bonds. The van der Waals surface area contributed by atoms with Crippen molar-refractivity contribution in [2.45, 2.75) is 6.42 Å². The Morgan fingerprint density at radius 2 is 2.33 bits per heavy atom. The molecule has 0 atom stereocenters. The molecule has 0 aromatic carbocycles. The number of rotatable bonds is 1. The van der Waals surface area contributed by atoms with Gasteiger partial charge in [-0.1, -0.05) is 0 Å². The van der Waals surface area contributed by atoms with Crippen LogP contribution in [-0.2, 0) is 0 Å². The molecule has 2 rings (SSSR count). The summed E-state index contributed by atoms with van der Waals surface area (Å²) in [5, 5.41) is 6.05. The Kier molecular flexibility index (Phi) is 1.46. The first-order chi connectivity index (χ1) is 5.77. The van der Waals surface area contributed by atoms with Crippen molar-refractivity contribution >= 4 is 11.9 Å². The van der Waals surface area contributed by atoms with Gasteiger partial charge in [-0.25, -0.2) is 0 Å². The van der Waals surface area contributed by atoms with E-state index in [4.69, 9.17) is 5.73 Å². The van der Waals surface area contributed by atoms with Crippen LogP contribution in [0, 0.1) is 0 Å². The quantitative estimate of drug-likeness (QED) is 0.575. The van der Waals surface area contributed by atoms with E-state index < -0.39 is 0 Å². The highest BCUT2D eigenvalue weighted by Gasteiger charge is 2.23. The molecular weight excluding hydrogens is 158 g/mol. The standard InChI is InChI=1S/C6H9N5O/c7-6-8-4(9-10-6)5(12)11-2-1-3-11/h1-3H2,(H3,7,8,9,10). The molecule has 0 saturated carbocycles. The van der Waals surface area contributed by atoms with E-state index in [-0.39, 0.29) is 17.7 Å². The summed E-state index contributed by atoms with van der Waals surface area (Å²) < 4.78 is 0. The molecule has 1 aliphatic heterocycles. The molecule has 0 aliphatic carbocycles. The van der Waals surface area contributed by atoms with E-state index >= 15 is 0 Å². The van der Waals surface area contributed by atoms with Crippen LogP contribution in [0.3, 0.4) is 0 Å². The number of H-pyrrole nitrogens is 1. The second-order valence-corrected chi connectivity index (χ2v) is 2.69. The number of amides is 1. The van der Waals surface area contributed by atoms with Crippen LogP contribution in [-0.4, -0.2) is 39.1 Å². The molecule has 6 heteroatoms. The Labute approximate surface area is 68.8 Å². The molecule has 1 aromatic rings. The third-order valence-corrected chi connectivity index (χ3v) is 1.85. The van der Waals surface area contributed by atoms with Gasteiger partial charge >= 0.3 is 0 Å². The number of nitrogens with one attached hydrogen (secondary N) is 1. The van der Waals surface area contributed by atoms with Crippen molar-refractivity contribution in [2.75, 3.05) is 18.8 Å². The summed E-state index contributed by atoms with van der Waals surface area (Å²) in [6, 6.07) is 0. The highest BCUT2D eigenvalue weighted by atomic mass is 16.2. The SMILES string of the molecule is Nc1n[nH]c(C(=O)N2CCC2)n1. The third-order valence-electron chi connectivity index (χ3n) is 1.85. The number of likely N-dealkylation sites (tertiary alicyclic amines) is 1. The predicted molar refractivity (Wildman–Crippen MR) is 41.3 cm³/mol. The van der Waals surface area contributed by atoms with E-state index in [1.54, 1.807) is 4.90 Å². The number of carbonyl (C=O) groups is 1. The van der Waals surface area contributed by atoms with Gasteiger partial charge in [-0.05, 0) is 6.42 Å². The summed E-state index contributed by atoms with van der Waals surface area (Å²) in [6.07, 6.45) is 1.06. The van der Waals surface area contributed by atoms with Crippen LogP contribution in [0.25, 0.3) is 0 Å². The summed E-state index contributed by atoms with van der Waals surface area (Å²) >= 11 is 0. The first-order valence-corrected chi connectivity index (χ1v) is 3.74. The molecule has 3 N–H and O–H groups in total. The maximum absolute atomic E-state index is 11.4. The number of anilines is 1. The fraction of sp³-hybridized carbons (Fsp3) is 0.500. The summed E-state index contributed by atoms with van der Waals surface area (Å²) in [5.41, 5.74) is 5.25. The number of aromatic amines is 1. The van der Waals surface area contributed by atoms with Gasteiger partial charge < -0.3 is 10.6 Å². The zero-order valence-electron chi connectivity index (χ0n) is 6.45. The summed E-state index contributed by atoms with van der Waals surface area (Å²) in [6.45, 7) is 1.61. The molecule has 6 nitrogen and oxygen atoms in total. The van der Waals surface area contributed by atoms with Crippen molar-refractivity contribution in [1.29, 1.82) is 0 Å². The van der Waals surface area contributed by atoms with Gasteiger partial charge in [-0.2, -0.15) is 4.98 Å². The van der Waals surface area contributed by atoms with E-state index in [2.05, 4.69) is 15.2 Å². The van der Waals surface area contributed by atoms with Crippen LogP contribution in [0.15, 0.2) is 0 Å². The Bertz CT molecular complexity index is 303. The second kappa shape index (κ2) is 2.47. The molecule has 64 valence electrons. The molecule has 12 heavy (non-hydrogen) atoms. The van der Waals surface area contributed by atoms with Crippen LogP contribution < -0.4 is 5.73 Å². The largest absolute Gasteiger partial charge is 0.366 e. The molecular formula is C6H9N5O. The average Bonchev–Trinajstić information content (AvgIpc) is 2.31. The van der Waals surface area contributed by atoms with Gasteiger partial charge in [0.05, 0.1) is 0 Å². The molecule has 0 radical (unpaired) electrons. The number of carbonyl (C=O) groups excluding carboxylic acids is 1. The van der Waals surface area contributed by atoms with Gasteiger partial charge in [0.15, 0.2) is 0 Å². The molecule has 1 aliphatic rings. The lowest BCUT2D eigenvalue weighted by atomic mass is 10.2. The molecule has 1 fully saturated rings. The summed E-state index contributed by atoms with van der Waals surface area (Å²) in [5.74, 6) is 0.219. The maximum atomic E-state index is 11.4. The smallest absolute Gasteiger partial charge is 0.291 e. The summed E-state index contributed by atoms with van der Waals surface area (Å²) in [7, 11) is 0. The molecule has 0 unspecified atom stereocenters. The second-order valence-electron chi connectivity index (χ2n) is 2.69. The monoisotopic (exact) mass is 167 g/mol. The van der Waals surface area contributed by atoms with Crippen molar-refractivity contribution in [3.05, 3.63) is 5.82 Å². The molecule has 1 saturated heterocycles. The average molecular weight is 167 g/mol. The lowest BCUT2D eigenvalue weighted by Crippen LogP contribution is -2.42. The Balaban J connectivity index is 2.13. The minimum Gasteiger partial charge on any atom is -0.366 e. The number of aromatic nitrogens is 3. The van der Waals surface area contributed by atoms with Gasteiger partial charge in [-0.3, -0.25) is 9.89 Å². The van der Waals surface area contributed by atoms with Crippen LogP contribution in [0.1, 0.15) is 17.0 Å². The minimum absolute atomic E-state index is 0.110. The Hall–Kier alpha value is -1.59. The van der Waals surface area contributed by atoms with E-state index in [1.165, 1.54) is 0 Å². The van der Waals surface area contributed by atoms with Gasteiger partial charge in [0.25, 0.3) is 5.91 Å². The minimum atomic E-state index is -0.120. The van der Waals surface area contributed by atoms with Gasteiger partial charge in [-0.15, -0.1) is 5.10 Å². The number of hydrogen-bond acceptors (Lipinski definition) is 4. The van der Waals surface area contributed by atoms with Gasteiger partial charge in [0.2, 0.25) is 11.8 Å². The van der Waals surface area contributed by atoms with Crippen molar-refractivity contribution in [3.8, 4) is 0 Å². The first-order valence-electron chi connectivity index (χ1n) is 3.74. The van der Waals surface area contributed by atoms with E-state index in [0.29, 0.717) is 0 Å². The lowest BCUT2D eigenvalue weighted by Gasteiger charge is -2.29. The number of nitrogens with zero attached hydrogens (tertiary/aromatic N) is 3. The van der Waals surface area contributed by atoms with Crippen LogP contribution in [0.2, 0.25) is 0 Å². The fourth-order valence-corrected chi connectivity index (χ4v) is 1.04. The highest BCUT2D eigenvalue weighted by Crippen LogP contribution is 2.09. The highest BCUT2D eigenvalue weighted by molar-refractivity contribution is 5.91. The van der Waals surface area contributed by atoms with Crippen molar-refractivity contribution in [1.82, 2.24) is 20.1 Å². The Morgan fingerprint density at radius 1 is 1.58 bits per heavy atom. The van der Waals surface area contributed by atoms with Gasteiger partial charge in [0, 0.05) is 13.1 Å². The summed E-state index contributed by atoms with van der Waals surface area (Å²) in [4.78, 5) is 16.8. The molecule has 1 aromatic heterocycles. The third kappa shape index (κ3) is 1.01. The number of hydrogen-bond donors (Lipinski definition) is 2. The topological polar surface area (TPSA) is 87.9 Å². The van der Waals surface area contributed by atoms with Crippen molar-refractivity contribution < 1.29 is 4.79 Å². The normalized spacial score (nSPS) is 15.8. The lowest BCUT2D eigenvalue weighted by molar-refractivity contribution is 0.0639. The van der Waals surface area contributed by atoms with Crippen LogP contribution in [0.5, 0.6) is 0 Å². The Morgan fingerprint density at radius 3 is 2.75 bits per heavy atom. The molecule has 0 spiro atoms. The zero-order valence-corrected chi connectivity index (χ0v) is 6.45.